The molecule has 40 heavy (non-hydrogen) atoms. The lowest BCUT2D eigenvalue weighted by Gasteiger charge is -2.18. The van der Waals surface area contributed by atoms with E-state index >= 15 is 0 Å². The average molecular weight is 568 g/mol. The summed E-state index contributed by atoms with van der Waals surface area (Å²) in [5.74, 6) is -0.668. The number of esters is 1. The molecule has 0 saturated carbocycles. The Hall–Kier alpha value is -3.89. The largest absolute Gasteiger partial charge is 0.488 e. The second-order valence-electron chi connectivity index (χ2n) is 9.51. The number of carbonyl (C=O) groups excluding carboxylic acids is 1. The van der Waals surface area contributed by atoms with Crippen LogP contribution in [0.4, 0.5) is 19.7 Å². The molecule has 4 rings (SSSR count). The van der Waals surface area contributed by atoms with E-state index in [0.29, 0.717) is 45.9 Å². The van der Waals surface area contributed by atoms with Crippen LogP contribution < -0.4 is 9.64 Å². The molecule has 0 aliphatic rings. The van der Waals surface area contributed by atoms with Gasteiger partial charge in [-0.05, 0) is 54.3 Å². The first-order valence-electron chi connectivity index (χ1n) is 12.7. The van der Waals surface area contributed by atoms with Crippen molar-refractivity contribution in [3.63, 3.8) is 0 Å². The van der Waals surface area contributed by atoms with Crippen LogP contribution in [0.5, 0.6) is 5.75 Å². The number of hydrogen-bond acceptors (Lipinski definition) is 8. The first-order valence-corrected chi connectivity index (χ1v) is 13.5. The fourth-order valence-electron chi connectivity index (χ4n) is 4.12. The second kappa shape index (κ2) is 13.0. The minimum absolute atomic E-state index is 0.143. The lowest BCUT2D eigenvalue weighted by atomic mass is 10.0. The van der Waals surface area contributed by atoms with E-state index in [1.807, 2.05) is 0 Å². The van der Waals surface area contributed by atoms with Crippen molar-refractivity contribution in [3.8, 4) is 28.1 Å². The highest BCUT2D eigenvalue weighted by Gasteiger charge is 2.24. The summed E-state index contributed by atoms with van der Waals surface area (Å²) in [6.45, 7) is 4.79. The number of anilines is 2. The molecule has 2 heterocycles. The predicted octanol–water partition coefficient (Wildman–Crippen LogP) is 6.93. The van der Waals surface area contributed by atoms with Crippen molar-refractivity contribution in [2.45, 2.75) is 20.3 Å². The average Bonchev–Trinajstić information content (AvgIpc) is 3.35. The van der Waals surface area contributed by atoms with Crippen LogP contribution in [-0.2, 0) is 15.9 Å². The number of carbonyl (C=O) groups is 1. The van der Waals surface area contributed by atoms with Gasteiger partial charge in [-0.2, -0.15) is 0 Å². The van der Waals surface area contributed by atoms with Crippen LogP contribution in [0.2, 0.25) is 0 Å². The minimum atomic E-state index is -0.585. The summed E-state index contributed by atoms with van der Waals surface area (Å²) in [5.41, 5.74) is 2.63. The number of ether oxygens (including phenoxy) is 3. The number of thiazole rings is 1. The number of benzene rings is 2. The maximum atomic E-state index is 14.9. The monoisotopic (exact) mass is 567 g/mol. The summed E-state index contributed by atoms with van der Waals surface area (Å²) in [6.07, 6.45) is 2.30. The van der Waals surface area contributed by atoms with E-state index in [2.05, 4.69) is 18.8 Å². The molecule has 0 radical (unpaired) electrons. The highest BCUT2D eigenvalue weighted by Crippen LogP contribution is 2.39. The molecule has 10 heteroatoms. The molecule has 0 unspecified atom stereocenters. The molecular formula is C30H31F2N3O4S. The van der Waals surface area contributed by atoms with Crippen molar-refractivity contribution < 1.29 is 27.8 Å². The molecule has 0 N–H and O–H groups in total. The number of pyridine rings is 1. The Morgan fingerprint density at radius 2 is 1.82 bits per heavy atom. The zero-order valence-electron chi connectivity index (χ0n) is 23.0. The number of hydrogen-bond donors (Lipinski definition) is 0. The van der Waals surface area contributed by atoms with Gasteiger partial charge in [-0.25, -0.2) is 23.5 Å². The smallest absolute Gasteiger partial charge is 0.341 e. The van der Waals surface area contributed by atoms with Crippen molar-refractivity contribution in [2.75, 3.05) is 39.4 Å². The summed E-state index contributed by atoms with van der Waals surface area (Å²) in [5, 5.41) is 0.572. The van der Waals surface area contributed by atoms with E-state index in [4.69, 9.17) is 19.2 Å². The lowest BCUT2D eigenvalue weighted by molar-refractivity contribution is 0.0601. The molecule has 210 valence electrons. The van der Waals surface area contributed by atoms with Gasteiger partial charge in [0.25, 0.3) is 0 Å². The molecule has 0 aliphatic heterocycles. The molecule has 0 aliphatic carbocycles. The van der Waals surface area contributed by atoms with Gasteiger partial charge in [-0.1, -0.05) is 26.0 Å². The van der Waals surface area contributed by atoms with Gasteiger partial charge in [0.15, 0.2) is 16.7 Å². The van der Waals surface area contributed by atoms with Gasteiger partial charge in [-0.15, -0.1) is 11.3 Å². The van der Waals surface area contributed by atoms with Crippen molar-refractivity contribution >= 4 is 28.3 Å². The van der Waals surface area contributed by atoms with Gasteiger partial charge < -0.3 is 19.1 Å². The summed E-state index contributed by atoms with van der Waals surface area (Å²) in [4.78, 5) is 24.9. The Morgan fingerprint density at radius 3 is 2.50 bits per heavy atom. The second-order valence-corrected chi connectivity index (χ2v) is 10.6. The quantitative estimate of drug-likeness (QED) is 0.144. The van der Waals surface area contributed by atoms with Gasteiger partial charge in [0, 0.05) is 36.4 Å². The van der Waals surface area contributed by atoms with Crippen LogP contribution in [0.3, 0.4) is 0 Å². The predicted molar refractivity (Wildman–Crippen MR) is 152 cm³/mol. The van der Waals surface area contributed by atoms with Crippen molar-refractivity contribution in [1.82, 2.24) is 9.97 Å². The molecule has 0 atom stereocenters. The molecule has 0 fully saturated rings. The van der Waals surface area contributed by atoms with E-state index in [1.54, 1.807) is 55.6 Å². The molecule has 0 amide bonds. The fraction of sp³-hybridized carbons (Fsp3) is 0.300. The van der Waals surface area contributed by atoms with Gasteiger partial charge in [0.2, 0.25) is 0 Å². The zero-order chi connectivity index (χ0) is 28.8. The first kappa shape index (κ1) is 29.1. The Bertz CT molecular complexity index is 1490. The molecule has 7 nitrogen and oxygen atoms in total. The van der Waals surface area contributed by atoms with E-state index in [0.717, 1.165) is 11.3 Å². The van der Waals surface area contributed by atoms with Gasteiger partial charge in [-0.3, -0.25) is 0 Å². The highest BCUT2D eigenvalue weighted by atomic mass is 32.1. The number of halogens is 2. The Balaban J connectivity index is 1.73. The van der Waals surface area contributed by atoms with Crippen LogP contribution in [0, 0.1) is 17.6 Å². The number of aromatic nitrogens is 2. The standard InChI is InChI=1S/C30H31F2N3O4S/c1-18(2)13-26-27(20-9-10-25(24(32)16-20)39-12-11-37-4)34-30(40-26)35(3)28-23(29(36)38-5)15-21(17-33-28)19-7-6-8-22(31)14-19/h6-10,14-18H,11-13H2,1-5H3. The lowest BCUT2D eigenvalue weighted by Crippen LogP contribution is -2.16. The third kappa shape index (κ3) is 6.63. The van der Waals surface area contributed by atoms with E-state index in [9.17, 15) is 13.6 Å². The van der Waals surface area contributed by atoms with Crippen LogP contribution in [0.25, 0.3) is 22.4 Å². The molecule has 2 aromatic carbocycles. The SMILES string of the molecule is COCCOc1ccc(-c2nc(N(C)c3ncc(-c4cccc(F)c4)cc3C(=O)OC)sc2CC(C)C)cc1F. The Kier molecular flexibility index (Phi) is 9.44. The topological polar surface area (TPSA) is 73.8 Å². The first-order chi connectivity index (χ1) is 19.2. The van der Waals surface area contributed by atoms with Crippen molar-refractivity contribution in [2.24, 2.45) is 5.92 Å². The molecule has 4 aromatic rings. The number of rotatable bonds is 11. The van der Waals surface area contributed by atoms with Gasteiger partial charge in [0.05, 0.1) is 19.4 Å². The molecule has 2 aromatic heterocycles. The van der Waals surface area contributed by atoms with E-state index in [1.165, 1.54) is 36.6 Å². The molecule has 0 saturated heterocycles. The summed E-state index contributed by atoms with van der Waals surface area (Å²) in [7, 11) is 4.60. The third-order valence-corrected chi connectivity index (χ3v) is 7.22. The van der Waals surface area contributed by atoms with Crippen LogP contribution >= 0.6 is 11.3 Å². The number of nitrogens with zero attached hydrogens (tertiary/aromatic N) is 3. The van der Waals surface area contributed by atoms with Crippen LogP contribution in [0.1, 0.15) is 29.1 Å². The van der Waals surface area contributed by atoms with Crippen molar-refractivity contribution in [1.29, 1.82) is 0 Å². The third-order valence-electron chi connectivity index (χ3n) is 6.06. The normalized spacial score (nSPS) is 11.1. The van der Waals surface area contributed by atoms with Gasteiger partial charge >= 0.3 is 5.97 Å². The van der Waals surface area contributed by atoms with E-state index in [-0.39, 0.29) is 17.9 Å². The van der Waals surface area contributed by atoms with Crippen molar-refractivity contribution in [3.05, 3.63) is 76.8 Å². The fourth-order valence-corrected chi connectivity index (χ4v) is 5.38. The highest BCUT2D eigenvalue weighted by molar-refractivity contribution is 7.16. The van der Waals surface area contributed by atoms with Crippen LogP contribution in [0.15, 0.2) is 54.7 Å². The Morgan fingerprint density at radius 1 is 1.02 bits per heavy atom. The van der Waals surface area contributed by atoms with Gasteiger partial charge in [0.1, 0.15) is 23.8 Å². The summed E-state index contributed by atoms with van der Waals surface area (Å²) >= 11 is 1.45. The molecule has 0 bridgehead atoms. The minimum Gasteiger partial charge on any atom is -0.488 e. The maximum Gasteiger partial charge on any atom is 0.341 e. The summed E-state index contributed by atoms with van der Waals surface area (Å²) in [6, 6.07) is 12.5. The van der Waals surface area contributed by atoms with Crippen LogP contribution in [-0.4, -0.2) is 50.4 Å². The molecule has 0 spiro atoms. The Labute approximate surface area is 236 Å². The van der Waals surface area contributed by atoms with E-state index < -0.39 is 17.6 Å². The molecular weight excluding hydrogens is 536 g/mol. The summed E-state index contributed by atoms with van der Waals surface area (Å²) < 4.78 is 44.2. The maximum absolute atomic E-state index is 14.9. The zero-order valence-corrected chi connectivity index (χ0v) is 23.9. The number of methoxy groups -OCH3 is 2.